The van der Waals surface area contributed by atoms with Gasteiger partial charge in [-0.2, -0.15) is 0 Å². The maximum Gasteiger partial charge on any atom is 0.178 e. The molecule has 0 radical (unpaired) electrons. The number of carbonyl (C=O) groups excluding carboxylic acids is 3. The van der Waals surface area contributed by atoms with Crippen molar-refractivity contribution in [3.8, 4) is 0 Å². The number of rotatable bonds is 7. The molecule has 164 valence electrons. The number of aryl methyl sites for hydroxylation is 3. The number of carbonyl (C=O) groups is 3. The van der Waals surface area contributed by atoms with Gasteiger partial charge in [0.2, 0.25) is 0 Å². The second kappa shape index (κ2) is 9.39. The van der Waals surface area contributed by atoms with E-state index in [1.54, 1.807) is 20.0 Å². The first-order valence-corrected chi connectivity index (χ1v) is 10.8. The molecule has 0 atom stereocenters. The van der Waals surface area contributed by atoms with Gasteiger partial charge in [0.25, 0.3) is 0 Å². The first kappa shape index (κ1) is 23.3. The molecule has 0 fully saturated rings. The second-order valence-electron chi connectivity index (χ2n) is 8.61. The van der Waals surface area contributed by atoms with Crippen LogP contribution in [-0.4, -0.2) is 22.3 Å². The van der Waals surface area contributed by atoms with Gasteiger partial charge in [-0.15, -0.1) is 0 Å². The second-order valence-corrected chi connectivity index (χ2v) is 8.61. The van der Waals surface area contributed by atoms with Crippen LogP contribution in [0.25, 0.3) is 0 Å². The summed E-state index contributed by atoms with van der Waals surface area (Å²) < 4.78 is 0. The van der Waals surface area contributed by atoms with Crippen molar-refractivity contribution in [2.24, 2.45) is 0 Å². The van der Waals surface area contributed by atoms with Crippen molar-refractivity contribution in [2.45, 2.75) is 54.4 Å². The number of hydrogen-bond acceptors (Lipinski definition) is 4. The maximum absolute atomic E-state index is 12.5. The summed E-state index contributed by atoms with van der Waals surface area (Å²) in [6.07, 6.45) is 2.86. The summed E-state index contributed by atoms with van der Waals surface area (Å²) in [6.45, 7) is 10.7. The molecule has 32 heavy (non-hydrogen) atoms. The zero-order valence-electron chi connectivity index (χ0n) is 19.6. The third-order valence-electron chi connectivity index (χ3n) is 5.92. The number of nitrogens with zero attached hydrogens (tertiary/aromatic N) is 1. The van der Waals surface area contributed by atoms with E-state index < -0.39 is 0 Å². The Balaban J connectivity index is 2.05. The lowest BCUT2D eigenvalue weighted by Crippen LogP contribution is -2.08. The maximum atomic E-state index is 12.5. The van der Waals surface area contributed by atoms with Gasteiger partial charge < -0.3 is 0 Å². The molecule has 0 saturated heterocycles. The van der Waals surface area contributed by atoms with Crippen LogP contribution in [0.2, 0.25) is 0 Å². The Morgan fingerprint density at radius 3 is 1.88 bits per heavy atom. The highest BCUT2D eigenvalue weighted by molar-refractivity contribution is 5.97. The summed E-state index contributed by atoms with van der Waals surface area (Å²) in [5.41, 5.74) is 8.88. The van der Waals surface area contributed by atoms with E-state index in [-0.39, 0.29) is 17.3 Å². The van der Waals surface area contributed by atoms with Gasteiger partial charge in [0.05, 0.1) is 0 Å². The van der Waals surface area contributed by atoms with Crippen molar-refractivity contribution < 1.29 is 14.4 Å². The monoisotopic (exact) mass is 427 g/mol. The van der Waals surface area contributed by atoms with Crippen molar-refractivity contribution in [3.05, 3.63) is 98.4 Å². The minimum Gasteiger partial charge on any atom is -0.295 e. The lowest BCUT2D eigenvalue weighted by Gasteiger charge is -2.16. The average Bonchev–Trinajstić information content (AvgIpc) is 2.70. The molecule has 4 heteroatoms. The van der Waals surface area contributed by atoms with Crippen molar-refractivity contribution in [1.29, 1.82) is 0 Å². The van der Waals surface area contributed by atoms with E-state index in [4.69, 9.17) is 0 Å². The number of Topliss-reactive ketones (excluding diaryl/α,β-unsaturated/α-hetero) is 3. The van der Waals surface area contributed by atoms with E-state index in [9.17, 15) is 14.4 Å². The lowest BCUT2D eigenvalue weighted by molar-refractivity contribution is 0.100. The molecule has 0 aliphatic rings. The first-order valence-electron chi connectivity index (χ1n) is 10.8. The van der Waals surface area contributed by atoms with Crippen molar-refractivity contribution in [1.82, 2.24) is 4.98 Å². The average molecular weight is 428 g/mol. The van der Waals surface area contributed by atoms with Gasteiger partial charge in [-0.05, 0) is 93.0 Å². The lowest BCUT2D eigenvalue weighted by atomic mass is 9.88. The molecule has 0 amide bonds. The van der Waals surface area contributed by atoms with Crippen molar-refractivity contribution >= 4 is 17.3 Å². The van der Waals surface area contributed by atoms with E-state index in [0.29, 0.717) is 29.7 Å². The molecule has 3 aromatic rings. The van der Waals surface area contributed by atoms with Crippen LogP contribution < -0.4 is 0 Å². The van der Waals surface area contributed by atoms with Crippen molar-refractivity contribution in [2.75, 3.05) is 0 Å². The fourth-order valence-electron chi connectivity index (χ4n) is 4.05. The minimum absolute atomic E-state index is 0.00541. The zero-order chi connectivity index (χ0) is 23.6. The van der Waals surface area contributed by atoms with Gasteiger partial charge in [-0.3, -0.25) is 19.4 Å². The molecule has 1 aromatic heterocycles. The number of benzene rings is 2. The number of aromatic nitrogens is 1. The van der Waals surface area contributed by atoms with Crippen LogP contribution >= 0.6 is 0 Å². The number of hydrogen-bond donors (Lipinski definition) is 0. The summed E-state index contributed by atoms with van der Waals surface area (Å²) in [7, 11) is 0. The van der Waals surface area contributed by atoms with Crippen LogP contribution in [0.15, 0.2) is 42.6 Å². The molecule has 0 N–H and O–H groups in total. The molecule has 0 spiro atoms. The first-order chi connectivity index (χ1) is 15.1. The Kier molecular flexibility index (Phi) is 6.83. The number of pyridine rings is 1. The highest BCUT2D eigenvalue weighted by Gasteiger charge is 2.16. The quantitative estimate of drug-likeness (QED) is 0.447. The molecule has 0 bridgehead atoms. The molecule has 0 saturated carbocycles. The van der Waals surface area contributed by atoms with Crippen LogP contribution in [-0.2, 0) is 12.8 Å². The largest absolute Gasteiger partial charge is 0.295 e. The Hall–Kier alpha value is -3.40. The highest BCUT2D eigenvalue weighted by atomic mass is 16.1. The summed E-state index contributed by atoms with van der Waals surface area (Å²) in [6, 6.07) is 11.7. The van der Waals surface area contributed by atoms with E-state index in [1.807, 2.05) is 51.1 Å². The summed E-state index contributed by atoms with van der Waals surface area (Å²) in [4.78, 5) is 40.6. The van der Waals surface area contributed by atoms with E-state index in [0.717, 1.165) is 38.9 Å². The zero-order valence-corrected chi connectivity index (χ0v) is 19.6. The fourth-order valence-corrected chi connectivity index (χ4v) is 4.05. The van der Waals surface area contributed by atoms with Crippen LogP contribution in [0.4, 0.5) is 0 Å². The molecular weight excluding hydrogens is 398 g/mol. The van der Waals surface area contributed by atoms with E-state index in [1.165, 1.54) is 6.92 Å². The van der Waals surface area contributed by atoms with E-state index in [2.05, 4.69) is 11.1 Å². The molecule has 0 aliphatic carbocycles. The Labute approximate surface area is 189 Å². The van der Waals surface area contributed by atoms with Crippen molar-refractivity contribution in [3.63, 3.8) is 0 Å². The van der Waals surface area contributed by atoms with Gasteiger partial charge in [-0.25, -0.2) is 0 Å². The van der Waals surface area contributed by atoms with Gasteiger partial charge in [0, 0.05) is 24.2 Å². The Morgan fingerprint density at radius 1 is 0.656 bits per heavy atom. The van der Waals surface area contributed by atoms with E-state index >= 15 is 0 Å². The Morgan fingerprint density at radius 2 is 1.25 bits per heavy atom. The smallest absolute Gasteiger partial charge is 0.178 e. The predicted octanol–water partition coefficient (Wildman–Crippen LogP) is 5.80. The predicted molar refractivity (Wildman–Crippen MR) is 127 cm³/mol. The summed E-state index contributed by atoms with van der Waals surface area (Å²) >= 11 is 0. The molecule has 0 aliphatic heterocycles. The topological polar surface area (TPSA) is 64.1 Å². The molecule has 2 aromatic carbocycles. The van der Waals surface area contributed by atoms with Gasteiger partial charge >= 0.3 is 0 Å². The third-order valence-corrected chi connectivity index (χ3v) is 5.92. The normalized spacial score (nSPS) is 10.8. The summed E-state index contributed by atoms with van der Waals surface area (Å²) in [5, 5.41) is 0. The third kappa shape index (κ3) is 5.08. The van der Waals surface area contributed by atoms with Crippen LogP contribution in [0.3, 0.4) is 0 Å². The summed E-state index contributed by atoms with van der Waals surface area (Å²) in [5.74, 6) is -0.0523. The molecular formula is C28H29NO3. The standard InChI is InChI=1S/C28H29NO3/c1-16-7-8-26(19(4)30)24(9-16)12-25-10-17(2)22(13-27(25)20(5)31)11-23-14-28(21(6)32)29-15-18(23)3/h7-10,13-15H,11-12H2,1-6H3. The molecule has 4 nitrogen and oxygen atoms in total. The van der Waals surface area contributed by atoms with Gasteiger partial charge in [0.15, 0.2) is 17.3 Å². The fraction of sp³-hybridized carbons (Fsp3) is 0.286. The van der Waals surface area contributed by atoms with Crippen LogP contribution in [0.5, 0.6) is 0 Å². The highest BCUT2D eigenvalue weighted by Crippen LogP contribution is 2.25. The Bertz CT molecular complexity index is 1240. The SMILES string of the molecule is CC(=O)c1cc(Cc2cc(C(C)=O)c(Cc3cc(C)ccc3C(C)=O)cc2C)c(C)cn1. The van der Waals surface area contributed by atoms with Gasteiger partial charge in [-0.1, -0.05) is 29.8 Å². The van der Waals surface area contributed by atoms with Gasteiger partial charge in [0.1, 0.15) is 5.69 Å². The molecule has 3 rings (SSSR count). The number of ketones is 3. The van der Waals surface area contributed by atoms with Crippen LogP contribution in [0.1, 0.15) is 90.9 Å². The molecule has 1 heterocycles. The minimum atomic E-state index is -0.0674. The van der Waals surface area contributed by atoms with Crippen LogP contribution in [0, 0.1) is 20.8 Å². The molecule has 0 unspecified atom stereocenters.